The van der Waals surface area contributed by atoms with E-state index in [2.05, 4.69) is 0 Å². The Kier molecular flexibility index (Phi) is 6.32. The van der Waals surface area contributed by atoms with E-state index in [1.54, 1.807) is 37.3 Å². The normalized spacial score (nSPS) is 11.4. The summed E-state index contributed by atoms with van der Waals surface area (Å²) in [4.78, 5) is 47.0. The van der Waals surface area contributed by atoms with Crippen LogP contribution in [0.2, 0.25) is 0 Å². The fourth-order valence-corrected chi connectivity index (χ4v) is 2.46. The van der Waals surface area contributed by atoms with E-state index in [-0.39, 0.29) is 24.5 Å². The van der Waals surface area contributed by atoms with E-state index in [1.165, 1.54) is 24.3 Å². The number of Topliss-reactive ketones (excluding diaryl/α,β-unsaturated/α-hetero) is 2. The number of nitro groups is 1. The van der Waals surface area contributed by atoms with Gasteiger partial charge in [0.25, 0.3) is 5.69 Å². The monoisotopic (exact) mass is 355 g/mol. The predicted octanol–water partition coefficient (Wildman–Crippen LogP) is 3.08. The van der Waals surface area contributed by atoms with Crippen LogP contribution >= 0.6 is 0 Å². The zero-order valence-electron chi connectivity index (χ0n) is 14.1. The number of hydrogen-bond donors (Lipinski definition) is 0. The molecule has 0 spiro atoms. The van der Waals surface area contributed by atoms with Crippen LogP contribution in [0.3, 0.4) is 0 Å². The van der Waals surface area contributed by atoms with Crippen molar-refractivity contribution in [2.45, 2.75) is 19.3 Å². The Bertz CT molecular complexity index is 814. The molecule has 0 aromatic heterocycles. The van der Waals surface area contributed by atoms with Gasteiger partial charge in [-0.25, -0.2) is 4.79 Å². The lowest BCUT2D eigenvalue weighted by atomic mass is 9.88. The van der Waals surface area contributed by atoms with E-state index in [0.717, 1.165) is 0 Å². The third kappa shape index (κ3) is 4.60. The van der Waals surface area contributed by atoms with Crippen molar-refractivity contribution in [3.63, 3.8) is 0 Å². The highest BCUT2D eigenvalue weighted by molar-refractivity contribution is 6.36. The Morgan fingerprint density at radius 1 is 1.04 bits per heavy atom. The number of ketones is 2. The fraction of sp³-hybridized carbons (Fsp3) is 0.211. The molecule has 0 heterocycles. The molecule has 2 aromatic carbocycles. The summed E-state index contributed by atoms with van der Waals surface area (Å²) in [6.07, 6.45) is -0.237. The van der Waals surface area contributed by atoms with E-state index in [4.69, 9.17) is 4.74 Å². The van der Waals surface area contributed by atoms with Gasteiger partial charge in [-0.2, -0.15) is 0 Å². The smallest absolute Gasteiger partial charge is 0.375 e. The van der Waals surface area contributed by atoms with Gasteiger partial charge < -0.3 is 4.74 Å². The molecule has 134 valence electrons. The minimum absolute atomic E-state index is 0.0319. The van der Waals surface area contributed by atoms with Crippen LogP contribution in [0.1, 0.15) is 35.2 Å². The third-order valence-corrected chi connectivity index (χ3v) is 3.78. The largest absolute Gasteiger partial charge is 0.460 e. The zero-order chi connectivity index (χ0) is 19.1. The maximum Gasteiger partial charge on any atom is 0.375 e. The van der Waals surface area contributed by atoms with Crippen molar-refractivity contribution in [3.8, 4) is 0 Å². The van der Waals surface area contributed by atoms with Crippen LogP contribution in [0.15, 0.2) is 54.6 Å². The van der Waals surface area contributed by atoms with Crippen LogP contribution in [-0.4, -0.2) is 29.1 Å². The molecule has 2 aromatic rings. The number of nitrogens with zero attached hydrogens (tertiary/aromatic N) is 1. The fourth-order valence-electron chi connectivity index (χ4n) is 2.46. The molecule has 0 aliphatic rings. The first-order valence-electron chi connectivity index (χ1n) is 7.97. The van der Waals surface area contributed by atoms with Gasteiger partial charge in [0.05, 0.1) is 17.4 Å². The summed E-state index contributed by atoms with van der Waals surface area (Å²) in [7, 11) is 0. The summed E-state index contributed by atoms with van der Waals surface area (Å²) in [6.45, 7) is 1.60. The summed E-state index contributed by atoms with van der Waals surface area (Å²) in [5, 5.41) is 10.8. The van der Waals surface area contributed by atoms with Gasteiger partial charge in [0.2, 0.25) is 5.78 Å². The molecule has 1 atom stereocenters. The number of carbonyl (C=O) groups is 3. The first-order valence-corrected chi connectivity index (χ1v) is 7.97. The van der Waals surface area contributed by atoms with Crippen LogP contribution in [0.5, 0.6) is 0 Å². The minimum atomic E-state index is -1.07. The van der Waals surface area contributed by atoms with Crippen LogP contribution in [0.4, 0.5) is 5.69 Å². The van der Waals surface area contributed by atoms with Gasteiger partial charge in [0.15, 0.2) is 5.78 Å². The molecular formula is C19H17NO6. The topological polar surface area (TPSA) is 104 Å². The number of nitro benzene ring substituents is 1. The van der Waals surface area contributed by atoms with E-state index in [9.17, 15) is 24.5 Å². The second kappa shape index (κ2) is 8.66. The van der Waals surface area contributed by atoms with Gasteiger partial charge in [-0.05, 0) is 12.5 Å². The van der Waals surface area contributed by atoms with Crippen LogP contribution in [-0.2, 0) is 14.3 Å². The standard InChI is InChI=1S/C19H17NO6/c1-2-26-19(23)18(22)16(12-17(21)14-6-4-3-5-7-14)13-8-10-15(11-9-13)20(24)25/h3-11,16H,2,12H2,1H3. The predicted molar refractivity (Wildman–Crippen MR) is 92.9 cm³/mol. The SMILES string of the molecule is CCOC(=O)C(=O)C(CC(=O)c1ccccc1)c1ccc([N+](=O)[O-])cc1. The van der Waals surface area contributed by atoms with Crippen LogP contribution in [0, 0.1) is 10.1 Å². The molecular weight excluding hydrogens is 338 g/mol. The molecule has 0 bridgehead atoms. The molecule has 0 aliphatic carbocycles. The maximum atomic E-state index is 12.5. The molecule has 1 unspecified atom stereocenters. The quantitative estimate of drug-likeness (QED) is 0.237. The lowest BCUT2D eigenvalue weighted by Gasteiger charge is -2.15. The average molecular weight is 355 g/mol. The van der Waals surface area contributed by atoms with E-state index < -0.39 is 22.6 Å². The molecule has 7 nitrogen and oxygen atoms in total. The van der Waals surface area contributed by atoms with E-state index in [1.807, 2.05) is 0 Å². The van der Waals surface area contributed by atoms with Gasteiger partial charge in [0.1, 0.15) is 0 Å². The number of carbonyl (C=O) groups excluding carboxylic acids is 3. The Hall–Kier alpha value is -3.35. The average Bonchev–Trinajstić information content (AvgIpc) is 2.66. The van der Waals surface area contributed by atoms with Gasteiger partial charge in [-0.15, -0.1) is 0 Å². The van der Waals surface area contributed by atoms with Crippen LogP contribution in [0.25, 0.3) is 0 Å². The molecule has 0 saturated carbocycles. The number of rotatable bonds is 8. The van der Waals surface area contributed by atoms with Crippen LogP contribution < -0.4 is 0 Å². The van der Waals surface area contributed by atoms with E-state index in [0.29, 0.717) is 11.1 Å². The Labute approximate surface area is 149 Å². The highest BCUT2D eigenvalue weighted by atomic mass is 16.6. The molecule has 26 heavy (non-hydrogen) atoms. The summed E-state index contributed by atoms with van der Waals surface area (Å²) in [5.74, 6) is -3.27. The summed E-state index contributed by atoms with van der Waals surface area (Å²) in [6, 6.07) is 13.6. The van der Waals surface area contributed by atoms with Crippen molar-refractivity contribution in [1.82, 2.24) is 0 Å². The zero-order valence-corrected chi connectivity index (χ0v) is 14.1. The molecule has 0 aliphatic heterocycles. The van der Waals surface area contributed by atoms with Gasteiger partial charge >= 0.3 is 5.97 Å². The number of ether oxygens (including phenoxy) is 1. The first kappa shape index (κ1) is 19.0. The van der Waals surface area contributed by atoms with Crippen molar-refractivity contribution in [2.24, 2.45) is 0 Å². The van der Waals surface area contributed by atoms with Crippen molar-refractivity contribution in [3.05, 3.63) is 75.8 Å². The van der Waals surface area contributed by atoms with Crippen molar-refractivity contribution in [1.29, 1.82) is 0 Å². The highest BCUT2D eigenvalue weighted by Gasteiger charge is 2.30. The molecule has 0 radical (unpaired) electrons. The molecule has 0 saturated heterocycles. The Balaban J connectivity index is 2.32. The lowest BCUT2D eigenvalue weighted by Crippen LogP contribution is -2.26. The number of esters is 1. The van der Waals surface area contributed by atoms with Gasteiger partial charge in [0, 0.05) is 24.1 Å². The molecule has 7 heteroatoms. The summed E-state index contributed by atoms with van der Waals surface area (Å²) < 4.78 is 4.75. The first-order chi connectivity index (χ1) is 12.4. The van der Waals surface area contributed by atoms with E-state index >= 15 is 0 Å². The maximum absolute atomic E-state index is 12.5. The molecule has 0 fully saturated rings. The number of benzene rings is 2. The minimum Gasteiger partial charge on any atom is -0.460 e. The number of hydrogen-bond acceptors (Lipinski definition) is 6. The second-order valence-electron chi connectivity index (χ2n) is 5.48. The third-order valence-electron chi connectivity index (χ3n) is 3.78. The highest BCUT2D eigenvalue weighted by Crippen LogP contribution is 2.26. The van der Waals surface area contributed by atoms with Crippen molar-refractivity contribution >= 4 is 23.2 Å². The molecule has 0 N–H and O–H groups in total. The van der Waals surface area contributed by atoms with Gasteiger partial charge in [-0.3, -0.25) is 19.7 Å². The molecule has 0 amide bonds. The second-order valence-corrected chi connectivity index (χ2v) is 5.48. The Morgan fingerprint density at radius 2 is 1.65 bits per heavy atom. The van der Waals surface area contributed by atoms with Crippen molar-refractivity contribution < 1.29 is 24.0 Å². The summed E-state index contributed by atoms with van der Waals surface area (Å²) >= 11 is 0. The Morgan fingerprint density at radius 3 is 2.19 bits per heavy atom. The number of non-ortho nitro benzene ring substituents is 1. The lowest BCUT2D eigenvalue weighted by molar-refractivity contribution is -0.384. The molecule has 2 rings (SSSR count). The summed E-state index contributed by atoms with van der Waals surface area (Å²) in [5.41, 5.74) is 0.611. The van der Waals surface area contributed by atoms with Crippen molar-refractivity contribution in [2.75, 3.05) is 6.61 Å². The van der Waals surface area contributed by atoms with Gasteiger partial charge in [-0.1, -0.05) is 42.5 Å².